The molecule has 27 heavy (non-hydrogen) atoms. The highest BCUT2D eigenvalue weighted by Crippen LogP contribution is 2.24. The van der Waals surface area contributed by atoms with Crippen molar-refractivity contribution in [2.75, 3.05) is 12.4 Å². The molecule has 0 fully saturated rings. The highest BCUT2D eigenvalue weighted by molar-refractivity contribution is 7.99. The lowest BCUT2D eigenvalue weighted by Gasteiger charge is -2.09. The van der Waals surface area contributed by atoms with Crippen LogP contribution in [0.1, 0.15) is 104 Å². The van der Waals surface area contributed by atoms with Gasteiger partial charge in [-0.25, -0.2) is 0 Å². The van der Waals surface area contributed by atoms with Crippen LogP contribution in [0.15, 0.2) is 29.2 Å². The topological polar surface area (TPSA) is 9.23 Å². The summed E-state index contributed by atoms with van der Waals surface area (Å²) in [5.41, 5.74) is 0. The Morgan fingerprint density at radius 3 is 2.30 bits per heavy atom. The van der Waals surface area contributed by atoms with Gasteiger partial charge in [-0.05, 0) is 42.7 Å². The fraction of sp³-hybridized carbons (Fsp3) is 0.760. The number of unbranched alkanes of at least 4 members (excludes halogenated alkanes) is 9. The molecule has 156 valence electrons. The van der Waals surface area contributed by atoms with Crippen LogP contribution in [0.25, 0.3) is 0 Å². The Hall–Kier alpha value is -0.630. The van der Waals surface area contributed by atoms with E-state index >= 15 is 0 Å². The van der Waals surface area contributed by atoms with Crippen LogP contribution in [0.4, 0.5) is 0 Å². The number of thioether (sulfide) groups is 1. The van der Waals surface area contributed by atoms with E-state index in [9.17, 15) is 0 Å². The van der Waals surface area contributed by atoms with E-state index < -0.39 is 0 Å². The minimum absolute atomic E-state index is 0.854. The van der Waals surface area contributed by atoms with Crippen molar-refractivity contribution in [1.82, 2.24) is 0 Å². The first-order valence-corrected chi connectivity index (χ1v) is 12.6. The fourth-order valence-corrected chi connectivity index (χ4v) is 4.20. The first-order chi connectivity index (χ1) is 13.3. The maximum Gasteiger partial charge on any atom is 0.120 e. The van der Waals surface area contributed by atoms with Crippen LogP contribution in [0.2, 0.25) is 0 Å². The first kappa shape index (κ1) is 24.4. The van der Waals surface area contributed by atoms with Crippen LogP contribution < -0.4 is 4.74 Å². The average Bonchev–Trinajstić information content (AvgIpc) is 2.69. The summed E-state index contributed by atoms with van der Waals surface area (Å²) in [7, 11) is 0. The second kappa shape index (κ2) is 17.5. The zero-order chi connectivity index (χ0) is 19.6. The fourth-order valence-electron chi connectivity index (χ4n) is 3.25. The van der Waals surface area contributed by atoms with E-state index in [0.29, 0.717) is 0 Å². The molecular formula is C25H44OS. The molecule has 1 rings (SSSR count). The van der Waals surface area contributed by atoms with E-state index in [-0.39, 0.29) is 0 Å². The number of ether oxygens (including phenoxy) is 1. The van der Waals surface area contributed by atoms with Crippen LogP contribution in [0.3, 0.4) is 0 Å². The molecule has 0 aromatic heterocycles. The van der Waals surface area contributed by atoms with Crippen LogP contribution in [-0.2, 0) is 0 Å². The van der Waals surface area contributed by atoms with Gasteiger partial charge in [-0.1, -0.05) is 97.5 Å². The Balaban J connectivity index is 2.05. The zero-order valence-corrected chi connectivity index (χ0v) is 19.1. The minimum atomic E-state index is 0.854. The zero-order valence-electron chi connectivity index (χ0n) is 18.3. The summed E-state index contributed by atoms with van der Waals surface area (Å²) in [6.45, 7) is 7.78. The Kier molecular flexibility index (Phi) is 15.8. The normalized spacial score (nSPS) is 12.3. The lowest BCUT2D eigenvalue weighted by molar-refractivity contribution is 0.301. The molecule has 0 radical (unpaired) electrons. The molecule has 0 aliphatic rings. The molecule has 1 atom stereocenters. The third-order valence-corrected chi connectivity index (χ3v) is 6.46. The molecule has 0 amide bonds. The van der Waals surface area contributed by atoms with E-state index in [4.69, 9.17) is 4.74 Å². The van der Waals surface area contributed by atoms with Crippen molar-refractivity contribution in [2.24, 2.45) is 5.92 Å². The number of rotatable bonds is 18. The molecule has 2 heteroatoms. The minimum Gasteiger partial charge on any atom is -0.494 e. The monoisotopic (exact) mass is 392 g/mol. The van der Waals surface area contributed by atoms with Gasteiger partial charge in [0, 0.05) is 4.90 Å². The largest absolute Gasteiger partial charge is 0.494 e. The lowest BCUT2D eigenvalue weighted by atomic mass is 10.0. The van der Waals surface area contributed by atoms with Gasteiger partial charge in [-0.15, -0.1) is 11.8 Å². The second-order valence-electron chi connectivity index (χ2n) is 8.01. The SMILES string of the molecule is CCCCCCCCCCSc1cccc(OCCCCCC(C)CC)c1. The second-order valence-corrected chi connectivity index (χ2v) is 9.18. The maximum absolute atomic E-state index is 5.96. The molecular weight excluding hydrogens is 348 g/mol. The smallest absolute Gasteiger partial charge is 0.120 e. The highest BCUT2D eigenvalue weighted by Gasteiger charge is 2.01. The number of hydrogen-bond donors (Lipinski definition) is 0. The van der Waals surface area contributed by atoms with Crippen molar-refractivity contribution in [1.29, 1.82) is 0 Å². The van der Waals surface area contributed by atoms with Gasteiger partial charge in [0.15, 0.2) is 0 Å². The van der Waals surface area contributed by atoms with Gasteiger partial charge < -0.3 is 4.74 Å². The summed E-state index contributed by atoms with van der Waals surface area (Å²) in [5, 5.41) is 0. The molecule has 1 aromatic carbocycles. The summed E-state index contributed by atoms with van der Waals surface area (Å²) in [6.07, 6.45) is 17.6. The molecule has 1 aromatic rings. The van der Waals surface area contributed by atoms with E-state index in [1.807, 2.05) is 11.8 Å². The maximum atomic E-state index is 5.96. The van der Waals surface area contributed by atoms with E-state index in [0.717, 1.165) is 18.3 Å². The quantitative estimate of drug-likeness (QED) is 0.182. The van der Waals surface area contributed by atoms with Crippen LogP contribution in [0.5, 0.6) is 5.75 Å². The molecule has 0 heterocycles. The molecule has 0 aliphatic heterocycles. The van der Waals surface area contributed by atoms with Crippen LogP contribution in [0, 0.1) is 5.92 Å². The van der Waals surface area contributed by atoms with Crippen molar-refractivity contribution in [3.05, 3.63) is 24.3 Å². The van der Waals surface area contributed by atoms with Gasteiger partial charge in [0.2, 0.25) is 0 Å². The van der Waals surface area contributed by atoms with Crippen molar-refractivity contribution in [3.8, 4) is 5.75 Å². The summed E-state index contributed by atoms with van der Waals surface area (Å²) >= 11 is 1.98. The Bertz CT molecular complexity index is 446. The van der Waals surface area contributed by atoms with Crippen LogP contribution >= 0.6 is 11.8 Å². The predicted molar refractivity (Wildman–Crippen MR) is 123 cm³/mol. The molecule has 0 spiro atoms. The van der Waals surface area contributed by atoms with E-state index in [1.54, 1.807) is 0 Å². The number of hydrogen-bond acceptors (Lipinski definition) is 2. The van der Waals surface area contributed by atoms with E-state index in [1.165, 1.54) is 94.1 Å². The molecule has 1 unspecified atom stereocenters. The Labute approximate surface area is 174 Å². The molecule has 0 bridgehead atoms. The third-order valence-electron chi connectivity index (χ3n) is 5.38. The van der Waals surface area contributed by atoms with Crippen molar-refractivity contribution in [2.45, 2.75) is 109 Å². The highest BCUT2D eigenvalue weighted by atomic mass is 32.2. The molecule has 0 N–H and O–H groups in total. The Morgan fingerprint density at radius 1 is 0.852 bits per heavy atom. The van der Waals surface area contributed by atoms with E-state index in [2.05, 4.69) is 45.0 Å². The Morgan fingerprint density at radius 2 is 1.56 bits per heavy atom. The van der Waals surface area contributed by atoms with Gasteiger partial charge in [-0.2, -0.15) is 0 Å². The van der Waals surface area contributed by atoms with Crippen LogP contribution in [-0.4, -0.2) is 12.4 Å². The first-order valence-electron chi connectivity index (χ1n) is 11.6. The summed E-state index contributed by atoms with van der Waals surface area (Å²) < 4.78 is 5.96. The standard InChI is InChI=1S/C25H44OS/c1-4-6-7-8-9-10-11-15-21-27-25-19-16-18-24(22-25)26-20-14-12-13-17-23(3)5-2/h16,18-19,22-23H,4-15,17,20-21H2,1-3H3. The average molecular weight is 393 g/mol. The predicted octanol–water partition coefficient (Wildman–Crippen LogP) is 8.90. The van der Waals surface area contributed by atoms with Crippen molar-refractivity contribution >= 4 is 11.8 Å². The van der Waals surface area contributed by atoms with Gasteiger partial charge >= 0.3 is 0 Å². The van der Waals surface area contributed by atoms with Gasteiger partial charge in [0.05, 0.1) is 6.61 Å². The lowest BCUT2D eigenvalue weighted by Crippen LogP contribution is -1.98. The molecule has 0 aliphatic carbocycles. The van der Waals surface area contributed by atoms with Gasteiger partial charge in [-0.3, -0.25) is 0 Å². The third kappa shape index (κ3) is 14.1. The molecule has 1 nitrogen and oxygen atoms in total. The molecule has 0 saturated heterocycles. The summed E-state index contributed by atoms with van der Waals surface area (Å²) in [6, 6.07) is 8.66. The number of benzene rings is 1. The van der Waals surface area contributed by atoms with Crippen molar-refractivity contribution < 1.29 is 4.74 Å². The van der Waals surface area contributed by atoms with Gasteiger partial charge in [0.1, 0.15) is 5.75 Å². The summed E-state index contributed by atoms with van der Waals surface area (Å²) in [5.74, 6) is 3.15. The summed E-state index contributed by atoms with van der Waals surface area (Å²) in [4.78, 5) is 1.35. The van der Waals surface area contributed by atoms with Gasteiger partial charge in [0.25, 0.3) is 0 Å². The van der Waals surface area contributed by atoms with Crippen molar-refractivity contribution in [3.63, 3.8) is 0 Å². The molecule has 0 saturated carbocycles.